The van der Waals surface area contributed by atoms with Crippen LogP contribution >= 0.6 is 23.5 Å². The van der Waals surface area contributed by atoms with E-state index in [0.717, 1.165) is 42.0 Å². The van der Waals surface area contributed by atoms with Gasteiger partial charge in [-0.1, -0.05) is 37.2 Å². The van der Waals surface area contributed by atoms with Crippen LogP contribution in [0.15, 0.2) is 47.6 Å². The van der Waals surface area contributed by atoms with Crippen molar-refractivity contribution in [3.63, 3.8) is 0 Å². The molecule has 32 nitrogen and oxygen atoms in total. The van der Waals surface area contributed by atoms with E-state index in [1.165, 1.54) is 35.7 Å². The number of nitrogens with two attached hydrogens (primary N) is 2. The van der Waals surface area contributed by atoms with E-state index in [0.29, 0.717) is 68.1 Å². The number of aliphatic hydroxyl groups is 1. The lowest BCUT2D eigenvalue weighted by Gasteiger charge is -2.32. The van der Waals surface area contributed by atoms with E-state index in [4.69, 9.17) is 21.0 Å². The number of aliphatic hydroxyl groups excluding tert-OH is 1. The van der Waals surface area contributed by atoms with Crippen LogP contribution in [0, 0.1) is 5.92 Å². The number of nitrogens with zero attached hydrogens (tertiary/aromatic N) is 3. The van der Waals surface area contributed by atoms with Crippen LogP contribution in [0.4, 0.5) is 0 Å². The van der Waals surface area contributed by atoms with Crippen LogP contribution in [0.3, 0.4) is 0 Å². The number of carbonyl (C=O) groups is 13. The Balaban J connectivity index is 1.44. The molecule has 0 aliphatic carbocycles. The highest BCUT2D eigenvalue weighted by atomic mass is 32.2. The highest BCUT2D eigenvalue weighted by molar-refractivity contribution is 7.98. The first-order valence-electron chi connectivity index (χ1n) is 34.5. The Labute approximate surface area is 601 Å². The highest BCUT2D eigenvalue weighted by Gasteiger charge is 2.43. The second-order valence-corrected chi connectivity index (χ2v) is 27.9. The van der Waals surface area contributed by atoms with Gasteiger partial charge in [-0.25, -0.2) is 0 Å². The number of phenolic OH excluding ortho intramolecular Hbond substituents is 1. The summed E-state index contributed by atoms with van der Waals surface area (Å²) >= 11 is 2.86. The molecular formula is C68H101N13O19S2. The molecule has 3 heterocycles. The minimum absolute atomic E-state index is 0.00775. The molecule has 2 bridgehead atoms. The number of hydrogen-bond acceptors (Lipinski definition) is 21. The monoisotopic (exact) mass is 1470 g/mol. The number of amides is 11. The third-order valence-corrected chi connectivity index (χ3v) is 18.9. The van der Waals surface area contributed by atoms with Gasteiger partial charge in [0.15, 0.2) is 0 Å². The average molecular weight is 1470 g/mol. The minimum atomic E-state index is -1.94. The number of aliphatic carboxylic acids is 2. The number of aromatic hydroxyl groups is 1. The van der Waals surface area contributed by atoms with Crippen LogP contribution in [0.25, 0.3) is 0 Å². The first-order valence-corrected chi connectivity index (χ1v) is 37.0. The number of rotatable bonds is 18. The van der Waals surface area contributed by atoms with Gasteiger partial charge < -0.3 is 93.8 Å². The molecule has 2 saturated heterocycles. The van der Waals surface area contributed by atoms with Crippen LogP contribution in [0.2, 0.25) is 0 Å². The van der Waals surface area contributed by atoms with Crippen molar-refractivity contribution in [3.05, 3.63) is 59.2 Å². The second-order valence-electron chi connectivity index (χ2n) is 26.0. The van der Waals surface area contributed by atoms with Crippen LogP contribution in [0.5, 0.6) is 11.5 Å². The molecule has 0 saturated carbocycles. The summed E-state index contributed by atoms with van der Waals surface area (Å²) in [5.41, 5.74) is 13.9. The number of ether oxygens (including phenoxy) is 1. The van der Waals surface area contributed by atoms with Crippen molar-refractivity contribution in [1.29, 1.82) is 0 Å². The van der Waals surface area contributed by atoms with Gasteiger partial charge in [0.1, 0.15) is 84.7 Å². The predicted octanol–water partition coefficient (Wildman–Crippen LogP) is 0.337. The van der Waals surface area contributed by atoms with Gasteiger partial charge in [-0.05, 0) is 170 Å². The number of nitrogens with one attached hydrogen (secondary N) is 8. The Kier molecular flexibility index (Phi) is 35.6. The molecule has 3 aliphatic rings. The van der Waals surface area contributed by atoms with Gasteiger partial charge in [0.25, 0.3) is 5.91 Å². The number of benzene rings is 2. The SMILES string of the molecule is CSCc1cc2cc(c1)OCCCCCCON=CC(=O)N[C@@H](CCCCN)C(=O)N[C@@H](C)C(=O)N1CCC[C@H]1C(=O)N[C@@H](CC(C)C)C(=O)N[C@@H](CC(=O)O)C(=O)N[C@@H]([C@@H](C)O)C(=O)N1CCC[C@H]1C(=O)N[C@@H](CCc1ccc(O)cc1)C(=O)N[C@@H](CCC(=O)O)C(=O)N[C@H](C(N)=O)CSC2. The van der Waals surface area contributed by atoms with E-state index < -0.39 is 163 Å². The Morgan fingerprint density at radius 1 is 0.657 bits per heavy atom. The second kappa shape index (κ2) is 43.3. The molecule has 2 fully saturated rings. The maximum atomic E-state index is 14.6. The largest absolute Gasteiger partial charge is 0.508 e. The molecule has 16 N–H and O–H groups in total. The van der Waals surface area contributed by atoms with Crippen molar-refractivity contribution in [3.8, 4) is 11.5 Å². The fourth-order valence-corrected chi connectivity index (χ4v) is 13.3. The Morgan fingerprint density at radius 3 is 1.85 bits per heavy atom. The Hall–Kier alpha value is -8.76. The molecule has 2 aromatic rings. The fraction of sp³-hybridized carbons (Fsp3) is 0.618. The summed E-state index contributed by atoms with van der Waals surface area (Å²) in [6, 6.07) is -2.86. The zero-order valence-corrected chi connectivity index (χ0v) is 60.1. The lowest BCUT2D eigenvalue weighted by molar-refractivity contribution is -0.145. The first kappa shape index (κ1) is 83.9. The predicted molar refractivity (Wildman–Crippen MR) is 378 cm³/mol. The van der Waals surface area contributed by atoms with E-state index in [-0.39, 0.29) is 82.1 Å². The summed E-state index contributed by atoms with van der Waals surface area (Å²) in [7, 11) is 0. The molecule has 0 radical (unpaired) electrons. The van der Waals surface area contributed by atoms with Crippen LogP contribution in [-0.2, 0) is 85.1 Å². The summed E-state index contributed by atoms with van der Waals surface area (Å²) < 4.78 is 6.17. The molecule has 564 valence electrons. The van der Waals surface area contributed by atoms with E-state index in [9.17, 15) is 82.8 Å². The summed E-state index contributed by atoms with van der Waals surface area (Å²) in [5.74, 6) is -11.7. The number of phenols is 1. The Morgan fingerprint density at radius 2 is 1.24 bits per heavy atom. The van der Waals surface area contributed by atoms with Gasteiger partial charge in [0.05, 0.1) is 19.1 Å². The molecule has 2 aromatic carbocycles. The fourth-order valence-electron chi connectivity index (χ4n) is 11.8. The molecule has 0 unspecified atom stereocenters. The number of aryl methyl sites for hydroxylation is 1. The maximum Gasteiger partial charge on any atom is 0.305 e. The molecule has 0 spiro atoms. The third-order valence-electron chi connectivity index (χ3n) is 17.1. The Bertz CT molecular complexity index is 3240. The normalized spacial score (nSPS) is 24.9. The lowest BCUT2D eigenvalue weighted by atomic mass is 10.0. The molecule has 3 aliphatic heterocycles. The standard InChI is InChI=1S/C68H101N13O19S2/c1-39(2)30-50-63(93)76-51(34-57(87)88)64(94)79-58(41(4)82)68(98)81-27-13-16-54(81)65(95)75-48(22-19-42-17-20-45(83)21-18-42)61(91)74-49(23-24-56(85)86)62(92)78-52(59(70)89)38-102-37-44-31-43(36-101-5)32-46(33-44)99-28-10-6-7-11-29-100-71-35-55(84)73-47(14-8-9-25-69)60(90)72-40(3)67(97)80-26-12-15-53(80)66(96)77-50/h17-18,20-21,31-33,35,39-41,47-54,58,82-83H,6-16,19,22-30,34,36-38,69H2,1-5H3,(H2,70,89)(H,72,90)(H,73,84)(H,74,91)(H,75,95)(H,76,93)(H,77,96)(H,78,92)(H,79,94)(H,85,86)(H,87,88)/t40-,41+,47-,48-,49-,50-,51-,52-,53-,54-,58-/m0/s1. The number of hydrogen-bond donors (Lipinski definition) is 14. The molecule has 5 rings (SSSR count). The average Bonchev–Trinajstić information content (AvgIpc) is 1.78. The van der Waals surface area contributed by atoms with Gasteiger partial charge >= 0.3 is 11.9 Å². The third kappa shape index (κ3) is 28.2. The highest BCUT2D eigenvalue weighted by Crippen LogP contribution is 2.26. The molecule has 0 aromatic heterocycles. The van der Waals surface area contributed by atoms with Gasteiger partial charge in [-0.15, -0.1) is 0 Å². The van der Waals surface area contributed by atoms with E-state index in [1.54, 1.807) is 37.7 Å². The number of carboxylic acid groups (broad SMARTS) is 2. The van der Waals surface area contributed by atoms with Crippen molar-refractivity contribution in [2.45, 2.75) is 215 Å². The van der Waals surface area contributed by atoms with E-state index in [1.807, 2.05) is 24.5 Å². The zero-order chi connectivity index (χ0) is 75.0. The van der Waals surface area contributed by atoms with Gasteiger partial charge in [-0.3, -0.25) is 62.3 Å². The molecule has 34 heteroatoms. The number of carbonyl (C=O) groups excluding carboxylic acids is 11. The number of thioether (sulfide) groups is 2. The summed E-state index contributed by atoms with van der Waals surface area (Å²) in [5, 5.41) is 65.0. The van der Waals surface area contributed by atoms with Crippen molar-refractivity contribution in [2.75, 3.05) is 44.9 Å². The molecular weight excluding hydrogens is 1370 g/mol. The minimum Gasteiger partial charge on any atom is -0.508 e. The first-order chi connectivity index (χ1) is 48.6. The molecule has 102 heavy (non-hydrogen) atoms. The quantitative estimate of drug-likeness (QED) is 0.0895. The summed E-state index contributed by atoms with van der Waals surface area (Å²) in [6.07, 6.45) is 3.36. The van der Waals surface area contributed by atoms with Crippen molar-refractivity contribution in [2.24, 2.45) is 22.5 Å². The lowest BCUT2D eigenvalue weighted by Crippen LogP contribution is -2.62. The van der Waals surface area contributed by atoms with Crippen molar-refractivity contribution >= 4 is 107 Å². The van der Waals surface area contributed by atoms with Crippen LogP contribution in [-0.4, -0.2) is 225 Å². The maximum absolute atomic E-state index is 14.6. The van der Waals surface area contributed by atoms with Gasteiger partial charge in [-0.2, -0.15) is 23.5 Å². The number of fused-ring (bicyclic) bond motifs is 4. The molecule has 11 amide bonds. The van der Waals surface area contributed by atoms with E-state index in [2.05, 4.69) is 47.7 Å². The summed E-state index contributed by atoms with van der Waals surface area (Å²) in [4.78, 5) is 186. The number of primary amides is 1. The zero-order valence-electron chi connectivity index (χ0n) is 58.5. The van der Waals surface area contributed by atoms with E-state index >= 15 is 0 Å². The summed E-state index contributed by atoms with van der Waals surface area (Å²) in [6.45, 7) is 6.84. The topological polar surface area (TPSA) is 488 Å². The smallest absolute Gasteiger partial charge is 0.305 e. The van der Waals surface area contributed by atoms with Crippen molar-refractivity contribution in [1.82, 2.24) is 52.3 Å². The van der Waals surface area contributed by atoms with Crippen LogP contribution in [0.1, 0.15) is 147 Å². The van der Waals surface area contributed by atoms with Gasteiger partial charge in [0.2, 0.25) is 59.1 Å². The number of oxime groups is 1. The number of carboxylic acids is 2. The molecule has 11 atom stereocenters. The number of unbranched alkanes of at least 4 members (excludes halogenated alkanes) is 1. The van der Waals surface area contributed by atoms with Gasteiger partial charge in [0, 0.05) is 36.8 Å². The van der Waals surface area contributed by atoms with Crippen LogP contribution < -0.4 is 58.7 Å². The van der Waals surface area contributed by atoms with Crippen molar-refractivity contribution < 1.29 is 92.3 Å².